The largest absolute Gasteiger partial charge is 0.370 e. The molecule has 0 amide bonds. The topological polar surface area (TPSA) is 103 Å². The fourth-order valence-electron chi connectivity index (χ4n) is 0.963. The molecule has 0 aliphatic heterocycles. The second-order valence-corrected chi connectivity index (χ2v) is 4.82. The lowest BCUT2D eigenvalue weighted by atomic mass is 10.3. The third-order valence-electron chi connectivity index (χ3n) is 1.66. The molecule has 0 bridgehead atoms. The van der Waals surface area contributed by atoms with Gasteiger partial charge in [-0.1, -0.05) is 58.0 Å². The van der Waals surface area contributed by atoms with Crippen LogP contribution in [0, 0.1) is 0 Å². The Morgan fingerprint density at radius 3 is 1.50 bits per heavy atom. The number of nitrogens with zero attached hydrogens (tertiary/aromatic N) is 2. The maximum atomic E-state index is 5.92. The van der Waals surface area contributed by atoms with Crippen molar-refractivity contribution in [2.24, 2.45) is 27.2 Å². The summed E-state index contributed by atoms with van der Waals surface area (Å²) in [6.07, 6.45) is 0. The van der Waals surface area contributed by atoms with E-state index in [0.29, 0.717) is 0 Å². The minimum absolute atomic E-state index is 0.00369. The van der Waals surface area contributed by atoms with Crippen molar-refractivity contribution in [3.63, 3.8) is 0 Å². The van der Waals surface area contributed by atoms with Crippen molar-refractivity contribution in [2.75, 3.05) is 0 Å². The molecule has 0 saturated carbocycles. The van der Waals surface area contributed by atoms with Gasteiger partial charge in [0.15, 0.2) is 5.96 Å². The van der Waals surface area contributed by atoms with Crippen LogP contribution in [-0.2, 0) is 0 Å². The van der Waals surface area contributed by atoms with Crippen LogP contribution in [0.15, 0.2) is 9.98 Å². The van der Waals surface area contributed by atoms with Crippen molar-refractivity contribution in [1.29, 1.82) is 0 Å². The summed E-state index contributed by atoms with van der Waals surface area (Å²) in [5.74, 6) is -0.525. The second-order valence-electron chi connectivity index (χ2n) is 2.93. The summed E-state index contributed by atoms with van der Waals surface area (Å²) in [5, 5.41) is 0.00952. The predicted molar refractivity (Wildman–Crippen MR) is 78.6 cm³/mol. The summed E-state index contributed by atoms with van der Waals surface area (Å²) in [7, 11) is 0. The van der Waals surface area contributed by atoms with Crippen molar-refractivity contribution >= 4 is 75.6 Å². The van der Waals surface area contributed by atoms with Gasteiger partial charge < -0.3 is 17.2 Å². The van der Waals surface area contributed by atoms with Gasteiger partial charge in [0.2, 0.25) is 5.96 Å². The molecule has 0 aliphatic carbocycles. The van der Waals surface area contributed by atoms with E-state index < -0.39 is 0 Å². The minimum Gasteiger partial charge on any atom is -0.370 e. The van der Waals surface area contributed by atoms with E-state index >= 15 is 0 Å². The van der Waals surface area contributed by atoms with E-state index in [2.05, 4.69) is 9.98 Å². The summed E-state index contributed by atoms with van der Waals surface area (Å²) in [4.78, 5) is 7.32. The zero-order valence-corrected chi connectivity index (χ0v) is 12.3. The lowest BCUT2D eigenvalue weighted by Gasteiger charge is -2.08. The van der Waals surface area contributed by atoms with Crippen LogP contribution in [0.1, 0.15) is 0 Å². The molecule has 0 saturated heterocycles. The van der Waals surface area contributed by atoms with Crippen LogP contribution in [0.5, 0.6) is 0 Å². The van der Waals surface area contributed by atoms with Crippen LogP contribution in [-0.4, -0.2) is 11.9 Å². The molecule has 1 aromatic rings. The van der Waals surface area contributed by atoms with Gasteiger partial charge in [0, 0.05) is 0 Å². The highest BCUT2D eigenvalue weighted by molar-refractivity contribution is 6.56. The first kappa shape index (κ1) is 15.5. The minimum atomic E-state index is -0.269. The molecule has 0 aromatic heterocycles. The third kappa shape index (κ3) is 3.24. The van der Waals surface area contributed by atoms with Crippen molar-refractivity contribution in [2.45, 2.75) is 0 Å². The van der Waals surface area contributed by atoms with Gasteiger partial charge in [-0.2, -0.15) is 4.99 Å². The first-order valence-corrected chi connectivity index (χ1v) is 6.10. The highest BCUT2D eigenvalue weighted by atomic mass is 35.5. The smallest absolute Gasteiger partial charge is 0.223 e. The zero-order valence-electron chi connectivity index (χ0n) is 8.52. The number of guanidine groups is 2. The molecule has 0 heterocycles. The molecule has 0 unspecified atom stereocenters. The average molecular weight is 349 g/mol. The lowest BCUT2D eigenvalue weighted by molar-refractivity contribution is 1.38. The molecule has 1 aromatic carbocycles. The van der Waals surface area contributed by atoms with Crippen LogP contribution >= 0.6 is 58.0 Å². The molecule has 0 spiro atoms. The van der Waals surface area contributed by atoms with Crippen LogP contribution in [0.3, 0.4) is 0 Å². The van der Waals surface area contributed by atoms with Gasteiger partial charge in [-0.25, -0.2) is 4.99 Å². The van der Waals surface area contributed by atoms with E-state index in [-0.39, 0.29) is 42.7 Å². The monoisotopic (exact) mass is 347 g/mol. The Morgan fingerprint density at radius 2 is 1.11 bits per heavy atom. The Bertz CT molecular complexity index is 520. The molecule has 0 atom stereocenters. The highest BCUT2D eigenvalue weighted by Gasteiger charge is 2.19. The number of rotatable bonds is 1. The fourth-order valence-corrected chi connectivity index (χ4v) is 2.18. The van der Waals surface area contributed by atoms with Gasteiger partial charge in [-0.05, 0) is 0 Å². The number of hydrogen-bond donors (Lipinski definition) is 3. The molecule has 5 nitrogen and oxygen atoms in total. The Morgan fingerprint density at radius 1 is 0.722 bits per heavy atom. The molecule has 0 aliphatic rings. The Hall–Kier alpha value is -0.590. The van der Waals surface area contributed by atoms with E-state index in [1.54, 1.807) is 0 Å². The number of nitrogens with two attached hydrogens (primary N) is 3. The fraction of sp³-hybridized carbons (Fsp3) is 0. The number of aliphatic imine (C=N–C) groups is 2. The van der Waals surface area contributed by atoms with Crippen LogP contribution in [0.4, 0.5) is 5.69 Å². The molecule has 1 rings (SSSR count). The summed E-state index contributed by atoms with van der Waals surface area (Å²) in [6.45, 7) is 0. The molecule has 0 fully saturated rings. The number of halogens is 5. The molecule has 6 N–H and O–H groups in total. The number of hydrogen-bond acceptors (Lipinski definition) is 1. The first-order valence-electron chi connectivity index (χ1n) is 4.21. The lowest BCUT2D eigenvalue weighted by Crippen LogP contribution is -2.26. The highest BCUT2D eigenvalue weighted by Crippen LogP contribution is 2.48. The second kappa shape index (κ2) is 6.04. The van der Waals surface area contributed by atoms with E-state index in [9.17, 15) is 0 Å². The standard InChI is InChI=1S/C8H6Cl5N5/c9-1-2(10)4(12)6(5(13)3(1)11)17-8(16)18-7(14)15/h(H6,14,15,16,17,18). The van der Waals surface area contributed by atoms with E-state index in [0.717, 1.165) is 0 Å². The van der Waals surface area contributed by atoms with Crippen molar-refractivity contribution in [3.05, 3.63) is 25.1 Å². The van der Waals surface area contributed by atoms with Gasteiger partial charge >= 0.3 is 0 Å². The van der Waals surface area contributed by atoms with Crippen LogP contribution in [0.25, 0.3) is 0 Å². The van der Waals surface area contributed by atoms with Crippen molar-refractivity contribution < 1.29 is 0 Å². The van der Waals surface area contributed by atoms with Gasteiger partial charge in [0.05, 0.1) is 25.1 Å². The van der Waals surface area contributed by atoms with E-state index in [4.69, 9.17) is 75.2 Å². The average Bonchev–Trinajstić information content (AvgIpc) is 2.29. The Balaban J connectivity index is 3.48. The Kier molecular flexibility index (Phi) is 5.19. The van der Waals surface area contributed by atoms with E-state index in [1.165, 1.54) is 0 Å². The molecule has 98 valence electrons. The van der Waals surface area contributed by atoms with E-state index in [1.807, 2.05) is 0 Å². The third-order valence-corrected chi connectivity index (χ3v) is 3.91. The maximum absolute atomic E-state index is 5.92. The van der Waals surface area contributed by atoms with Gasteiger partial charge in [0.25, 0.3) is 0 Å². The summed E-state index contributed by atoms with van der Waals surface area (Å²) < 4.78 is 0. The first-order chi connectivity index (χ1) is 8.25. The van der Waals surface area contributed by atoms with Gasteiger partial charge in [0.1, 0.15) is 5.69 Å². The molecule has 0 radical (unpaired) electrons. The summed E-state index contributed by atoms with van der Waals surface area (Å²) in [5.41, 5.74) is 15.7. The molecule has 18 heavy (non-hydrogen) atoms. The quantitative estimate of drug-likeness (QED) is 0.314. The van der Waals surface area contributed by atoms with Gasteiger partial charge in [-0.3, -0.25) is 0 Å². The summed E-state index contributed by atoms with van der Waals surface area (Å²) >= 11 is 29.3. The van der Waals surface area contributed by atoms with Crippen LogP contribution in [0.2, 0.25) is 25.1 Å². The SMILES string of the molecule is NC(N)=NC(N)=Nc1c(Cl)c(Cl)c(Cl)c(Cl)c1Cl. The molecular formula is C8H6Cl5N5. The normalized spacial score (nSPS) is 11.5. The molecular weight excluding hydrogens is 343 g/mol. The number of benzene rings is 1. The van der Waals surface area contributed by atoms with Crippen LogP contribution < -0.4 is 17.2 Å². The molecule has 10 heteroatoms. The summed E-state index contributed by atoms with van der Waals surface area (Å²) in [6, 6.07) is 0. The zero-order chi connectivity index (χ0) is 14.0. The maximum Gasteiger partial charge on any atom is 0.223 e. The van der Waals surface area contributed by atoms with Gasteiger partial charge in [-0.15, -0.1) is 0 Å². The van der Waals surface area contributed by atoms with Crippen molar-refractivity contribution in [3.8, 4) is 0 Å². The predicted octanol–water partition coefficient (Wildman–Crippen LogP) is 3.17. The van der Waals surface area contributed by atoms with Crippen molar-refractivity contribution in [1.82, 2.24) is 0 Å². The Labute approximate surface area is 127 Å².